The van der Waals surface area contributed by atoms with Gasteiger partial charge in [0.2, 0.25) is 15.9 Å². The molecule has 0 aliphatic heterocycles. The van der Waals surface area contributed by atoms with Crippen molar-refractivity contribution in [1.82, 2.24) is 4.90 Å². The summed E-state index contributed by atoms with van der Waals surface area (Å²) in [7, 11) is -0.374. The van der Waals surface area contributed by atoms with E-state index < -0.39 is 10.0 Å². The maximum absolute atomic E-state index is 12.7. The third kappa shape index (κ3) is 4.76. The van der Waals surface area contributed by atoms with E-state index in [4.69, 9.17) is 4.74 Å². The molecular weight excluding hydrogens is 352 g/mol. The number of hydrogen-bond acceptors (Lipinski definition) is 4. The molecule has 0 spiro atoms. The van der Waals surface area contributed by atoms with Gasteiger partial charge in [-0.25, -0.2) is 8.42 Å². The van der Waals surface area contributed by atoms with Gasteiger partial charge in [0.25, 0.3) is 0 Å². The highest BCUT2D eigenvalue weighted by atomic mass is 32.2. The van der Waals surface area contributed by atoms with E-state index in [1.807, 2.05) is 43.3 Å². The molecule has 0 heterocycles. The molecule has 140 valence electrons. The average molecular weight is 376 g/mol. The van der Waals surface area contributed by atoms with Gasteiger partial charge in [0.15, 0.2) is 0 Å². The van der Waals surface area contributed by atoms with Gasteiger partial charge in [-0.3, -0.25) is 9.10 Å². The first-order chi connectivity index (χ1) is 12.2. The van der Waals surface area contributed by atoms with Gasteiger partial charge in [0.1, 0.15) is 12.3 Å². The number of benzene rings is 2. The maximum atomic E-state index is 12.7. The Morgan fingerprint density at radius 2 is 1.69 bits per heavy atom. The fourth-order valence-corrected chi connectivity index (χ4v) is 3.55. The van der Waals surface area contributed by atoms with Crippen molar-refractivity contribution in [2.24, 2.45) is 0 Å². The molecule has 0 N–H and O–H groups in total. The van der Waals surface area contributed by atoms with Crippen LogP contribution in [0.5, 0.6) is 5.75 Å². The van der Waals surface area contributed by atoms with E-state index in [1.54, 1.807) is 26.3 Å². The van der Waals surface area contributed by atoms with Crippen LogP contribution in [-0.2, 0) is 21.4 Å². The Morgan fingerprint density at radius 1 is 1.08 bits per heavy atom. The molecule has 6 nitrogen and oxygen atoms in total. The average Bonchev–Trinajstić information content (AvgIpc) is 2.59. The van der Waals surface area contributed by atoms with Crippen LogP contribution in [0.1, 0.15) is 11.1 Å². The van der Waals surface area contributed by atoms with Crippen molar-refractivity contribution < 1.29 is 17.9 Å². The van der Waals surface area contributed by atoms with Gasteiger partial charge < -0.3 is 9.64 Å². The molecule has 0 bridgehead atoms. The Balaban J connectivity index is 2.21. The Morgan fingerprint density at radius 3 is 2.31 bits per heavy atom. The van der Waals surface area contributed by atoms with Crippen molar-refractivity contribution in [2.45, 2.75) is 13.5 Å². The van der Waals surface area contributed by atoms with Crippen LogP contribution < -0.4 is 9.04 Å². The number of methoxy groups -OCH3 is 1. The number of amides is 1. The smallest absolute Gasteiger partial charge is 0.243 e. The Bertz CT molecular complexity index is 881. The minimum atomic E-state index is -3.59. The Kier molecular flexibility index (Phi) is 6.26. The highest BCUT2D eigenvalue weighted by Crippen LogP contribution is 2.23. The lowest BCUT2D eigenvalue weighted by Gasteiger charge is -2.26. The monoisotopic (exact) mass is 376 g/mol. The standard InChI is InChI=1S/C19H24N2O4S/c1-15-9-5-7-11-17(15)21(26(4,23)24)14-19(22)20(2)13-16-10-6-8-12-18(16)25-3/h5-12H,13-14H2,1-4H3. The van der Waals surface area contributed by atoms with Crippen molar-refractivity contribution in [3.63, 3.8) is 0 Å². The van der Waals surface area contributed by atoms with Gasteiger partial charge in [0, 0.05) is 19.2 Å². The summed E-state index contributed by atoms with van der Waals surface area (Å²) in [6, 6.07) is 14.5. The number of para-hydroxylation sites is 2. The number of anilines is 1. The third-order valence-electron chi connectivity index (χ3n) is 4.09. The topological polar surface area (TPSA) is 66.9 Å². The van der Waals surface area contributed by atoms with Crippen LogP contribution in [0, 0.1) is 6.92 Å². The SMILES string of the molecule is COc1ccccc1CN(C)C(=O)CN(c1ccccc1C)S(C)(=O)=O. The maximum Gasteiger partial charge on any atom is 0.243 e. The summed E-state index contributed by atoms with van der Waals surface area (Å²) in [6.45, 7) is 1.89. The van der Waals surface area contributed by atoms with Gasteiger partial charge in [0.05, 0.1) is 19.1 Å². The number of ether oxygens (including phenoxy) is 1. The lowest BCUT2D eigenvalue weighted by Crippen LogP contribution is -2.41. The molecule has 1 amide bonds. The summed E-state index contributed by atoms with van der Waals surface area (Å²) in [6.07, 6.45) is 1.10. The lowest BCUT2D eigenvalue weighted by molar-refractivity contribution is -0.128. The number of rotatable bonds is 7. The summed E-state index contributed by atoms with van der Waals surface area (Å²) in [5, 5.41) is 0. The van der Waals surface area contributed by atoms with E-state index in [0.29, 0.717) is 18.0 Å². The second-order valence-corrected chi connectivity index (χ2v) is 8.02. The molecule has 7 heteroatoms. The summed E-state index contributed by atoms with van der Waals surface area (Å²) < 4.78 is 30.9. The second kappa shape index (κ2) is 8.23. The lowest BCUT2D eigenvalue weighted by atomic mass is 10.2. The van der Waals surface area contributed by atoms with E-state index in [-0.39, 0.29) is 12.5 Å². The molecular formula is C19H24N2O4S. The number of hydrogen-bond donors (Lipinski definition) is 0. The first-order valence-electron chi connectivity index (χ1n) is 8.13. The van der Waals surface area contributed by atoms with Gasteiger partial charge in [-0.15, -0.1) is 0 Å². The molecule has 2 rings (SSSR count). The Hall–Kier alpha value is -2.54. The first-order valence-corrected chi connectivity index (χ1v) is 9.98. The van der Waals surface area contributed by atoms with E-state index in [0.717, 1.165) is 21.7 Å². The molecule has 0 saturated carbocycles. The molecule has 0 aliphatic rings. The minimum Gasteiger partial charge on any atom is -0.496 e. The first kappa shape index (κ1) is 19.8. The van der Waals surface area contributed by atoms with Crippen LogP contribution >= 0.6 is 0 Å². The number of carbonyl (C=O) groups excluding carboxylic acids is 1. The summed E-state index contributed by atoms with van der Waals surface area (Å²) in [5.74, 6) is 0.385. The quantitative estimate of drug-likeness (QED) is 0.744. The van der Waals surface area contributed by atoms with E-state index >= 15 is 0 Å². The van der Waals surface area contributed by atoms with Crippen molar-refractivity contribution in [3.05, 3.63) is 59.7 Å². The molecule has 0 unspecified atom stereocenters. The number of sulfonamides is 1. The molecule has 0 atom stereocenters. The van der Waals surface area contributed by atoms with Crippen LogP contribution in [-0.4, -0.2) is 46.2 Å². The molecule has 2 aromatic carbocycles. The zero-order valence-electron chi connectivity index (χ0n) is 15.5. The van der Waals surface area contributed by atoms with Crippen molar-refractivity contribution in [3.8, 4) is 5.75 Å². The van der Waals surface area contributed by atoms with Crippen LogP contribution in [0.4, 0.5) is 5.69 Å². The van der Waals surface area contributed by atoms with Crippen molar-refractivity contribution in [2.75, 3.05) is 31.3 Å². The molecule has 0 radical (unpaired) electrons. The molecule has 26 heavy (non-hydrogen) atoms. The normalized spacial score (nSPS) is 11.1. The van der Waals surface area contributed by atoms with Gasteiger partial charge in [-0.05, 0) is 24.6 Å². The number of carbonyl (C=O) groups is 1. The second-order valence-electron chi connectivity index (χ2n) is 6.12. The largest absolute Gasteiger partial charge is 0.496 e. The van der Waals surface area contributed by atoms with Crippen LogP contribution in [0.3, 0.4) is 0 Å². The third-order valence-corrected chi connectivity index (χ3v) is 5.22. The Labute approximate surface area is 155 Å². The number of aryl methyl sites for hydroxylation is 1. The predicted molar refractivity (Wildman–Crippen MR) is 103 cm³/mol. The van der Waals surface area contributed by atoms with E-state index in [1.165, 1.54) is 4.90 Å². The summed E-state index contributed by atoms with van der Waals surface area (Å²) in [5.41, 5.74) is 2.15. The molecule has 0 saturated heterocycles. The zero-order chi connectivity index (χ0) is 19.3. The molecule has 0 aromatic heterocycles. The van der Waals surface area contributed by atoms with E-state index in [2.05, 4.69) is 0 Å². The molecule has 0 aliphatic carbocycles. The fourth-order valence-electron chi connectivity index (χ4n) is 2.65. The van der Waals surface area contributed by atoms with Gasteiger partial charge in [-0.2, -0.15) is 0 Å². The minimum absolute atomic E-state index is 0.255. The molecule has 0 fully saturated rings. The van der Waals surface area contributed by atoms with Gasteiger partial charge in [-0.1, -0.05) is 36.4 Å². The number of likely N-dealkylation sites (N-methyl/N-ethyl adjacent to an activating group) is 1. The van der Waals surface area contributed by atoms with E-state index in [9.17, 15) is 13.2 Å². The van der Waals surface area contributed by atoms with Crippen LogP contribution in [0.15, 0.2) is 48.5 Å². The van der Waals surface area contributed by atoms with Crippen molar-refractivity contribution in [1.29, 1.82) is 0 Å². The number of nitrogens with zero attached hydrogens (tertiary/aromatic N) is 2. The van der Waals surface area contributed by atoms with Crippen LogP contribution in [0.25, 0.3) is 0 Å². The summed E-state index contributed by atoms with van der Waals surface area (Å²) in [4.78, 5) is 14.2. The predicted octanol–water partition coefficient (Wildman–Crippen LogP) is 2.43. The van der Waals surface area contributed by atoms with Gasteiger partial charge >= 0.3 is 0 Å². The van der Waals surface area contributed by atoms with Crippen molar-refractivity contribution >= 4 is 21.6 Å². The fraction of sp³-hybridized carbons (Fsp3) is 0.316. The van der Waals surface area contributed by atoms with Crippen LogP contribution in [0.2, 0.25) is 0 Å². The zero-order valence-corrected chi connectivity index (χ0v) is 16.3. The molecule has 2 aromatic rings. The summed E-state index contributed by atoms with van der Waals surface area (Å²) >= 11 is 0. The highest BCUT2D eigenvalue weighted by Gasteiger charge is 2.24. The highest BCUT2D eigenvalue weighted by molar-refractivity contribution is 7.92.